The average molecular weight is 415 g/mol. The number of aromatic nitrogens is 5. The Morgan fingerprint density at radius 3 is 2.77 bits per heavy atom. The van der Waals surface area contributed by atoms with Crippen LogP contribution in [0.2, 0.25) is 0 Å². The number of benzene rings is 1. The minimum absolute atomic E-state index is 0.514. The summed E-state index contributed by atoms with van der Waals surface area (Å²) in [7, 11) is 0. The van der Waals surface area contributed by atoms with E-state index in [9.17, 15) is 0 Å². The Labute approximate surface area is 179 Å². The van der Waals surface area contributed by atoms with Crippen LogP contribution >= 0.6 is 11.8 Å². The summed E-state index contributed by atoms with van der Waals surface area (Å²) in [6.07, 6.45) is 10.2. The number of hydrogen-bond acceptors (Lipinski definition) is 6. The van der Waals surface area contributed by atoms with Gasteiger partial charge >= 0.3 is 0 Å². The minimum Gasteiger partial charge on any atom is -0.343 e. The third-order valence-electron chi connectivity index (χ3n) is 5.16. The molecule has 6 nitrogen and oxygen atoms in total. The smallest absolute Gasteiger partial charge is 0.187 e. The number of H-pyrrole nitrogens is 1. The quantitative estimate of drug-likeness (QED) is 0.348. The van der Waals surface area contributed by atoms with Crippen molar-refractivity contribution in [1.82, 2.24) is 24.9 Å². The van der Waals surface area contributed by atoms with Gasteiger partial charge in [-0.1, -0.05) is 11.8 Å². The van der Waals surface area contributed by atoms with Gasteiger partial charge in [0.05, 0.1) is 35.5 Å². The van der Waals surface area contributed by atoms with Crippen molar-refractivity contribution in [1.29, 1.82) is 5.26 Å². The lowest BCUT2D eigenvalue weighted by Crippen LogP contribution is -2.00. The molecular weight excluding hydrogens is 392 g/mol. The number of fused-ring (bicyclic) bond motifs is 1. The van der Waals surface area contributed by atoms with Crippen LogP contribution in [0.5, 0.6) is 0 Å². The zero-order valence-electron chi connectivity index (χ0n) is 17.0. The molecule has 150 valence electrons. The van der Waals surface area contributed by atoms with Crippen LogP contribution in [0.25, 0.3) is 22.3 Å². The van der Waals surface area contributed by atoms with Crippen LogP contribution in [0, 0.1) is 18.3 Å². The molecule has 0 aliphatic carbocycles. The number of nitriles is 1. The average Bonchev–Trinajstić information content (AvgIpc) is 3.31. The van der Waals surface area contributed by atoms with Gasteiger partial charge in [-0.25, -0.2) is 19.9 Å². The minimum atomic E-state index is 0.514. The molecule has 30 heavy (non-hydrogen) atoms. The first-order valence-electron chi connectivity index (χ1n) is 9.82. The van der Waals surface area contributed by atoms with Gasteiger partial charge in [-0.2, -0.15) is 5.26 Å². The standard InChI is InChI=1S/C23H22N6S/c1-15-10-20-19(11-16(15)4-3-8-24)17(12-21(29-20)22-13-25-14-27-22)5-6-18-7-9-26-23(28-18)30-2/h7,9-14H,3-6H2,1-2H3,(H,25,27). The van der Waals surface area contributed by atoms with E-state index in [1.165, 1.54) is 16.7 Å². The Morgan fingerprint density at radius 2 is 2.00 bits per heavy atom. The highest BCUT2D eigenvalue weighted by molar-refractivity contribution is 7.98. The summed E-state index contributed by atoms with van der Waals surface area (Å²) >= 11 is 1.55. The molecule has 4 rings (SSSR count). The van der Waals surface area contributed by atoms with Crippen molar-refractivity contribution in [3.63, 3.8) is 0 Å². The van der Waals surface area contributed by atoms with E-state index in [-0.39, 0.29) is 0 Å². The lowest BCUT2D eigenvalue weighted by Gasteiger charge is -2.13. The van der Waals surface area contributed by atoms with Crippen LogP contribution in [0.4, 0.5) is 0 Å². The molecule has 0 bridgehead atoms. The number of nitrogens with zero attached hydrogens (tertiary/aromatic N) is 5. The summed E-state index contributed by atoms with van der Waals surface area (Å²) < 4.78 is 0. The molecule has 0 amide bonds. The van der Waals surface area contributed by atoms with Crippen molar-refractivity contribution in [3.05, 3.63) is 65.4 Å². The fourth-order valence-corrected chi connectivity index (χ4v) is 3.94. The monoisotopic (exact) mass is 414 g/mol. The lowest BCUT2D eigenvalue weighted by atomic mass is 9.96. The summed E-state index contributed by atoms with van der Waals surface area (Å²) in [6.45, 7) is 2.08. The molecule has 0 spiro atoms. The van der Waals surface area contributed by atoms with E-state index in [0.29, 0.717) is 6.42 Å². The topological polar surface area (TPSA) is 91.1 Å². The number of aryl methyl sites for hydroxylation is 4. The second-order valence-electron chi connectivity index (χ2n) is 7.12. The summed E-state index contributed by atoms with van der Waals surface area (Å²) in [5, 5.41) is 10.9. The molecule has 0 aliphatic rings. The van der Waals surface area contributed by atoms with Crippen LogP contribution < -0.4 is 0 Å². The van der Waals surface area contributed by atoms with E-state index in [4.69, 9.17) is 10.2 Å². The lowest BCUT2D eigenvalue weighted by molar-refractivity contribution is 0.847. The highest BCUT2D eigenvalue weighted by atomic mass is 32.2. The van der Waals surface area contributed by atoms with Gasteiger partial charge in [-0.3, -0.25) is 0 Å². The summed E-state index contributed by atoms with van der Waals surface area (Å²) in [4.78, 5) is 21.1. The zero-order chi connectivity index (χ0) is 20.9. The Bertz CT molecular complexity index is 1210. The van der Waals surface area contributed by atoms with Crippen molar-refractivity contribution in [2.45, 2.75) is 37.8 Å². The van der Waals surface area contributed by atoms with Crippen LogP contribution in [-0.4, -0.2) is 31.2 Å². The molecule has 0 aliphatic heterocycles. The first-order chi connectivity index (χ1) is 14.7. The van der Waals surface area contributed by atoms with Crippen LogP contribution in [0.15, 0.2) is 48.1 Å². The zero-order valence-corrected chi connectivity index (χ0v) is 17.8. The molecule has 0 saturated heterocycles. The maximum absolute atomic E-state index is 9.00. The predicted molar refractivity (Wildman–Crippen MR) is 119 cm³/mol. The third-order valence-corrected chi connectivity index (χ3v) is 5.72. The van der Waals surface area contributed by atoms with E-state index in [2.05, 4.69) is 51.1 Å². The number of imidazole rings is 1. The molecule has 4 aromatic rings. The number of thioether (sulfide) groups is 1. The van der Waals surface area contributed by atoms with Crippen LogP contribution in [0.1, 0.15) is 28.8 Å². The summed E-state index contributed by atoms with van der Waals surface area (Å²) in [5.41, 5.74) is 7.35. The SMILES string of the molecule is CSc1nccc(CCc2cc(-c3cnc[nH]3)nc3cc(C)c(CCC#N)cc23)n1. The van der Waals surface area contributed by atoms with Gasteiger partial charge in [0.25, 0.3) is 0 Å². The molecular formula is C23H22N6S. The molecule has 3 heterocycles. The van der Waals surface area contributed by atoms with Gasteiger partial charge in [0.2, 0.25) is 0 Å². The number of aromatic amines is 1. The first kappa shape index (κ1) is 20.0. The molecule has 3 aromatic heterocycles. The van der Waals surface area contributed by atoms with Gasteiger partial charge in [0.15, 0.2) is 5.16 Å². The Morgan fingerprint density at radius 1 is 1.10 bits per heavy atom. The maximum Gasteiger partial charge on any atom is 0.187 e. The number of pyridine rings is 1. The Hall–Kier alpha value is -3.24. The fraction of sp³-hybridized carbons (Fsp3) is 0.261. The van der Waals surface area contributed by atoms with E-state index < -0.39 is 0 Å². The van der Waals surface area contributed by atoms with Gasteiger partial charge in [-0.15, -0.1) is 0 Å². The normalized spacial score (nSPS) is 11.0. The highest BCUT2D eigenvalue weighted by Crippen LogP contribution is 2.28. The predicted octanol–water partition coefficient (Wildman–Crippen LogP) is 4.69. The largest absolute Gasteiger partial charge is 0.343 e. The van der Waals surface area contributed by atoms with Gasteiger partial charge in [0, 0.05) is 23.7 Å². The van der Waals surface area contributed by atoms with Crippen molar-refractivity contribution in [2.24, 2.45) is 0 Å². The molecule has 1 N–H and O–H groups in total. The van der Waals surface area contributed by atoms with Crippen molar-refractivity contribution in [3.8, 4) is 17.5 Å². The highest BCUT2D eigenvalue weighted by Gasteiger charge is 2.12. The van der Waals surface area contributed by atoms with Gasteiger partial charge in [-0.05, 0) is 73.4 Å². The number of nitrogens with one attached hydrogen (secondary N) is 1. The maximum atomic E-state index is 9.00. The van der Waals surface area contributed by atoms with Crippen molar-refractivity contribution >= 4 is 22.7 Å². The van der Waals surface area contributed by atoms with E-state index in [1.807, 2.05) is 18.5 Å². The first-order valence-corrected chi connectivity index (χ1v) is 11.0. The van der Waals surface area contributed by atoms with Crippen molar-refractivity contribution in [2.75, 3.05) is 6.26 Å². The second-order valence-corrected chi connectivity index (χ2v) is 7.89. The molecule has 0 saturated carbocycles. The number of rotatable bonds is 7. The van der Waals surface area contributed by atoms with Gasteiger partial charge < -0.3 is 4.98 Å². The molecule has 0 atom stereocenters. The Balaban J connectivity index is 1.76. The molecule has 0 radical (unpaired) electrons. The number of hydrogen-bond donors (Lipinski definition) is 1. The Kier molecular flexibility index (Phi) is 6.05. The fourth-order valence-electron chi connectivity index (χ4n) is 3.57. The third kappa shape index (κ3) is 4.34. The molecule has 0 unspecified atom stereocenters. The van der Waals surface area contributed by atoms with Crippen LogP contribution in [-0.2, 0) is 19.3 Å². The van der Waals surface area contributed by atoms with Crippen molar-refractivity contribution < 1.29 is 0 Å². The summed E-state index contributed by atoms with van der Waals surface area (Å²) in [6, 6.07) is 10.7. The summed E-state index contributed by atoms with van der Waals surface area (Å²) in [5.74, 6) is 0. The van der Waals surface area contributed by atoms with E-state index in [1.54, 1.807) is 24.3 Å². The van der Waals surface area contributed by atoms with E-state index >= 15 is 0 Å². The molecule has 0 fully saturated rings. The molecule has 1 aromatic carbocycles. The molecule has 7 heteroatoms. The van der Waals surface area contributed by atoms with Crippen LogP contribution in [0.3, 0.4) is 0 Å². The van der Waals surface area contributed by atoms with E-state index in [0.717, 1.165) is 52.4 Å². The van der Waals surface area contributed by atoms with Gasteiger partial charge in [0.1, 0.15) is 0 Å². The second kappa shape index (κ2) is 9.06.